The summed E-state index contributed by atoms with van der Waals surface area (Å²) in [6.45, 7) is 5.77. The van der Waals surface area contributed by atoms with E-state index in [2.05, 4.69) is 21.3 Å². The molecule has 0 aliphatic carbocycles. The molecular formula is C37H59N7O6. The van der Waals surface area contributed by atoms with Gasteiger partial charge in [-0.2, -0.15) is 0 Å². The van der Waals surface area contributed by atoms with Crippen LogP contribution in [0.15, 0.2) is 30.3 Å². The average Bonchev–Trinajstić information content (AvgIpc) is 3.57. The molecule has 6 atom stereocenters. The number of rotatable bonds is 7. The third kappa shape index (κ3) is 12.4. The number of hydrogen-bond donors (Lipinski definition) is 5. The monoisotopic (exact) mass is 697 g/mol. The van der Waals surface area contributed by atoms with Crippen LogP contribution in [0.3, 0.4) is 0 Å². The van der Waals surface area contributed by atoms with Gasteiger partial charge in [-0.05, 0) is 56.9 Å². The van der Waals surface area contributed by atoms with E-state index >= 15 is 0 Å². The van der Waals surface area contributed by atoms with E-state index in [1.54, 1.807) is 21.0 Å². The summed E-state index contributed by atoms with van der Waals surface area (Å²) in [5.41, 5.74) is 7.16. The standard InChI is InChI=1S/C37H59N7O6/c1-24(2)22-30-34(47)39-25(3)36(49)44-21-15-20-31(44)35(48)41-29(37(50)43(4)5)19-14-9-7-6-8-13-18-28(33(46)42-30)40-32(45)27(38)23-26-16-11-10-12-17-26/h10-12,16-17,24-25,27-31H,6-9,13-15,18-23,38H2,1-5H3,(H,39,47)(H,40,45)(H,41,48)(H,42,46)/t25-,27-,28-,29-,30-,31-/m0/s1. The van der Waals surface area contributed by atoms with Gasteiger partial charge < -0.3 is 36.8 Å². The summed E-state index contributed by atoms with van der Waals surface area (Å²) in [7, 11) is 3.31. The van der Waals surface area contributed by atoms with E-state index in [0.717, 1.165) is 37.7 Å². The van der Waals surface area contributed by atoms with Gasteiger partial charge in [0.15, 0.2) is 0 Å². The lowest BCUT2D eigenvalue weighted by molar-refractivity contribution is -0.142. The molecule has 6 amide bonds. The Morgan fingerprint density at radius 2 is 1.50 bits per heavy atom. The van der Waals surface area contributed by atoms with Crippen molar-refractivity contribution in [3.05, 3.63) is 35.9 Å². The number of nitrogens with zero attached hydrogens (tertiary/aromatic N) is 2. The van der Waals surface area contributed by atoms with E-state index in [4.69, 9.17) is 5.73 Å². The largest absolute Gasteiger partial charge is 0.347 e. The molecule has 0 saturated carbocycles. The van der Waals surface area contributed by atoms with Crippen molar-refractivity contribution in [3.8, 4) is 0 Å². The molecule has 0 bridgehead atoms. The van der Waals surface area contributed by atoms with Gasteiger partial charge in [-0.15, -0.1) is 0 Å². The van der Waals surface area contributed by atoms with E-state index in [1.807, 2.05) is 44.2 Å². The minimum atomic E-state index is -0.970. The van der Waals surface area contributed by atoms with Crippen LogP contribution < -0.4 is 27.0 Å². The van der Waals surface area contributed by atoms with Crippen LogP contribution in [0.2, 0.25) is 0 Å². The molecular weight excluding hydrogens is 638 g/mol. The normalized spacial score (nSPS) is 25.7. The highest BCUT2D eigenvalue weighted by Gasteiger charge is 2.38. The summed E-state index contributed by atoms with van der Waals surface area (Å²) < 4.78 is 0. The van der Waals surface area contributed by atoms with Crippen LogP contribution in [0.4, 0.5) is 0 Å². The molecule has 1 aromatic rings. The highest BCUT2D eigenvalue weighted by Crippen LogP contribution is 2.20. The maximum Gasteiger partial charge on any atom is 0.245 e. The molecule has 2 fully saturated rings. The number of hydrogen-bond acceptors (Lipinski definition) is 7. The quantitative estimate of drug-likeness (QED) is 0.288. The maximum absolute atomic E-state index is 13.8. The Hall–Kier alpha value is -4.00. The van der Waals surface area contributed by atoms with Gasteiger partial charge in [0.25, 0.3) is 0 Å². The first-order valence-corrected chi connectivity index (χ1v) is 18.3. The lowest BCUT2D eigenvalue weighted by Gasteiger charge is -2.30. The van der Waals surface area contributed by atoms with Crippen molar-refractivity contribution in [3.63, 3.8) is 0 Å². The third-order valence-electron chi connectivity index (χ3n) is 9.47. The average molecular weight is 698 g/mol. The molecule has 2 aliphatic rings. The van der Waals surface area contributed by atoms with Crippen molar-refractivity contribution in [1.82, 2.24) is 31.1 Å². The van der Waals surface area contributed by atoms with E-state index in [1.165, 1.54) is 9.80 Å². The molecule has 2 aliphatic heterocycles. The van der Waals surface area contributed by atoms with Crippen LogP contribution in [-0.4, -0.2) is 102 Å². The van der Waals surface area contributed by atoms with Crippen LogP contribution in [0.5, 0.6) is 0 Å². The van der Waals surface area contributed by atoms with E-state index in [9.17, 15) is 28.8 Å². The van der Waals surface area contributed by atoms with Crippen molar-refractivity contribution >= 4 is 35.4 Å². The van der Waals surface area contributed by atoms with Gasteiger partial charge in [0.05, 0.1) is 6.04 Å². The van der Waals surface area contributed by atoms with Crippen molar-refractivity contribution in [1.29, 1.82) is 0 Å². The van der Waals surface area contributed by atoms with Crippen molar-refractivity contribution in [2.75, 3.05) is 20.6 Å². The Kier molecular flexibility index (Phi) is 16.2. The fraction of sp³-hybridized carbons (Fsp3) is 0.676. The zero-order valence-electron chi connectivity index (χ0n) is 30.5. The Labute approximate surface area is 297 Å². The highest BCUT2D eigenvalue weighted by atomic mass is 16.2. The maximum atomic E-state index is 13.8. The molecule has 278 valence electrons. The molecule has 13 heteroatoms. The van der Waals surface area contributed by atoms with Gasteiger partial charge in [-0.25, -0.2) is 0 Å². The Morgan fingerprint density at radius 3 is 2.14 bits per heavy atom. The minimum Gasteiger partial charge on any atom is -0.347 e. The summed E-state index contributed by atoms with van der Waals surface area (Å²) in [6, 6.07) is 4.27. The topological polar surface area (TPSA) is 183 Å². The number of nitrogens with two attached hydrogens (primary N) is 1. The van der Waals surface area contributed by atoms with Gasteiger partial charge in [-0.1, -0.05) is 82.7 Å². The lowest BCUT2D eigenvalue weighted by atomic mass is 10.00. The van der Waals surface area contributed by atoms with Gasteiger partial charge in [0.2, 0.25) is 35.4 Å². The zero-order valence-corrected chi connectivity index (χ0v) is 30.5. The molecule has 3 rings (SSSR count). The van der Waals surface area contributed by atoms with Gasteiger partial charge in [-0.3, -0.25) is 28.8 Å². The molecule has 50 heavy (non-hydrogen) atoms. The fourth-order valence-electron chi connectivity index (χ4n) is 6.65. The van der Waals surface area contributed by atoms with Crippen molar-refractivity contribution in [2.45, 2.75) is 134 Å². The molecule has 1 aromatic carbocycles. The highest BCUT2D eigenvalue weighted by molar-refractivity contribution is 5.96. The van der Waals surface area contributed by atoms with Crippen molar-refractivity contribution < 1.29 is 28.8 Å². The zero-order chi connectivity index (χ0) is 36.8. The summed E-state index contributed by atoms with van der Waals surface area (Å²) in [5.74, 6) is -2.41. The number of fused-ring (bicyclic) bond motifs is 1. The van der Waals surface area contributed by atoms with Crippen LogP contribution in [-0.2, 0) is 35.2 Å². The molecule has 0 radical (unpaired) electrons. The summed E-state index contributed by atoms with van der Waals surface area (Å²) in [6.07, 6.45) is 7.40. The molecule has 6 N–H and O–H groups in total. The number of likely N-dealkylation sites (N-methyl/N-ethyl adjacent to an activating group) is 1. The smallest absolute Gasteiger partial charge is 0.245 e. The second kappa shape index (κ2) is 20.0. The second-order valence-corrected chi connectivity index (χ2v) is 14.5. The Bertz CT molecular complexity index is 1310. The summed E-state index contributed by atoms with van der Waals surface area (Å²) in [4.78, 5) is 83.6. The number of amides is 6. The molecule has 0 aromatic heterocycles. The van der Waals surface area contributed by atoms with E-state index in [0.29, 0.717) is 51.5 Å². The number of carbonyl (C=O) groups is 6. The fourth-order valence-corrected chi connectivity index (χ4v) is 6.65. The number of nitrogens with one attached hydrogen (secondary N) is 4. The predicted octanol–water partition coefficient (Wildman–Crippen LogP) is 1.78. The Morgan fingerprint density at radius 1 is 0.860 bits per heavy atom. The van der Waals surface area contributed by atoms with Crippen LogP contribution in [0.1, 0.15) is 97.0 Å². The predicted molar refractivity (Wildman–Crippen MR) is 191 cm³/mol. The van der Waals surface area contributed by atoms with Gasteiger partial charge >= 0.3 is 0 Å². The first-order valence-electron chi connectivity index (χ1n) is 18.3. The van der Waals surface area contributed by atoms with Gasteiger partial charge in [0, 0.05) is 20.6 Å². The first kappa shape index (κ1) is 40.4. The Balaban J connectivity index is 1.82. The molecule has 0 spiro atoms. The summed E-state index contributed by atoms with van der Waals surface area (Å²) in [5, 5.41) is 11.4. The minimum absolute atomic E-state index is 0.0309. The third-order valence-corrected chi connectivity index (χ3v) is 9.47. The van der Waals surface area contributed by atoms with Crippen LogP contribution >= 0.6 is 0 Å². The van der Waals surface area contributed by atoms with Crippen LogP contribution in [0.25, 0.3) is 0 Å². The molecule has 2 heterocycles. The molecule has 13 nitrogen and oxygen atoms in total. The van der Waals surface area contributed by atoms with Crippen molar-refractivity contribution in [2.24, 2.45) is 11.7 Å². The van der Waals surface area contributed by atoms with Crippen LogP contribution in [0, 0.1) is 5.92 Å². The summed E-state index contributed by atoms with van der Waals surface area (Å²) >= 11 is 0. The van der Waals surface area contributed by atoms with Gasteiger partial charge in [0.1, 0.15) is 30.2 Å². The lowest BCUT2D eigenvalue weighted by Crippen LogP contribution is -2.59. The molecule has 2 saturated heterocycles. The second-order valence-electron chi connectivity index (χ2n) is 14.5. The number of benzene rings is 1. The first-order chi connectivity index (χ1) is 23.8. The van der Waals surface area contributed by atoms with E-state index in [-0.39, 0.29) is 17.7 Å². The SMILES string of the molecule is CC(C)C[C@@H]1NC(=O)[C@@H](NC(=O)[C@@H](N)Cc2ccccc2)CCCCCCCC[C@@H](C(=O)N(C)C)NC(=O)[C@@H]2CCCN2C(=O)[C@H](C)NC1=O. The van der Waals surface area contributed by atoms with E-state index < -0.39 is 59.9 Å². The number of carbonyl (C=O) groups excluding carboxylic acids is 6. The molecule has 0 unspecified atom stereocenters.